The van der Waals surface area contributed by atoms with Crippen LogP contribution in [0, 0.1) is 6.92 Å². The molecule has 0 aliphatic carbocycles. The molecular weight excluding hydrogens is 567 g/mol. The van der Waals surface area contributed by atoms with E-state index in [4.69, 9.17) is 37.8 Å². The Morgan fingerprint density at radius 2 is 1.68 bits per heavy atom. The minimum absolute atomic E-state index is 0.0874. The number of ether oxygens (including phenoxy) is 2. The molecule has 3 N–H and O–H groups in total. The number of carbonyl (C=O) groups is 2. The van der Waals surface area contributed by atoms with Crippen LogP contribution in [-0.2, 0) is 14.9 Å². The number of aromatic nitrogens is 3. The molecule has 4 rings (SSSR count). The molecule has 0 aliphatic heterocycles. The van der Waals surface area contributed by atoms with Crippen LogP contribution in [0.4, 0.5) is 22.1 Å². The largest absolute Gasteiger partial charge is 0.456 e. The van der Waals surface area contributed by atoms with Crippen molar-refractivity contribution in [1.29, 1.82) is 0 Å². The molecule has 0 unspecified atom stereocenters. The quantitative estimate of drug-likeness (QED) is 0.198. The number of nitrogens with zero attached hydrogens (tertiary/aromatic N) is 3. The van der Waals surface area contributed by atoms with Crippen LogP contribution in [0.3, 0.4) is 0 Å². The molecule has 0 radical (unpaired) electrons. The van der Waals surface area contributed by atoms with Crippen molar-refractivity contribution in [3.63, 3.8) is 0 Å². The summed E-state index contributed by atoms with van der Waals surface area (Å²) in [4.78, 5) is 28.9. The number of urea groups is 1. The lowest BCUT2D eigenvalue weighted by atomic mass is 9.92. The molecule has 10 nitrogen and oxygen atoms in total. The van der Waals surface area contributed by atoms with Crippen LogP contribution < -0.4 is 20.7 Å². The van der Waals surface area contributed by atoms with E-state index in [2.05, 4.69) is 20.9 Å². The molecule has 0 saturated carbocycles. The van der Waals surface area contributed by atoms with E-state index in [0.717, 1.165) is 16.9 Å². The molecule has 4 aromatic rings. The number of methoxy groups -OCH3 is 1. The summed E-state index contributed by atoms with van der Waals surface area (Å²) >= 11 is 13.0. The number of hydrogen-bond donors (Lipinski definition) is 3. The highest BCUT2D eigenvalue weighted by Gasteiger charge is 2.22. The molecule has 2 heterocycles. The van der Waals surface area contributed by atoms with Gasteiger partial charge in [0.15, 0.2) is 0 Å². The van der Waals surface area contributed by atoms with Crippen molar-refractivity contribution in [2.24, 2.45) is 0 Å². The summed E-state index contributed by atoms with van der Waals surface area (Å²) in [5.74, 6) is 1.02. The van der Waals surface area contributed by atoms with E-state index in [1.54, 1.807) is 22.9 Å². The summed E-state index contributed by atoms with van der Waals surface area (Å²) in [6.45, 7) is 8.04. The molecule has 0 spiro atoms. The van der Waals surface area contributed by atoms with Crippen LogP contribution in [0.2, 0.25) is 10.0 Å². The van der Waals surface area contributed by atoms with Gasteiger partial charge in [-0.25, -0.2) is 14.5 Å². The molecule has 2 aromatic heterocycles. The van der Waals surface area contributed by atoms with Gasteiger partial charge in [-0.2, -0.15) is 5.10 Å². The second-order valence-corrected chi connectivity index (χ2v) is 10.9. The lowest BCUT2D eigenvalue weighted by molar-refractivity contribution is -0.119. The van der Waals surface area contributed by atoms with Crippen molar-refractivity contribution >= 4 is 52.5 Å². The van der Waals surface area contributed by atoms with Crippen molar-refractivity contribution in [1.82, 2.24) is 14.8 Å². The maximum atomic E-state index is 13.0. The molecule has 12 heteroatoms. The molecular formula is C29H30Cl2N6O4. The number of hydrogen-bond acceptors (Lipinski definition) is 6. The second kappa shape index (κ2) is 12.6. The van der Waals surface area contributed by atoms with Gasteiger partial charge in [-0.15, -0.1) is 0 Å². The van der Waals surface area contributed by atoms with Crippen molar-refractivity contribution in [2.45, 2.75) is 33.1 Å². The highest BCUT2D eigenvalue weighted by Crippen LogP contribution is 2.40. The van der Waals surface area contributed by atoms with Crippen molar-refractivity contribution in [3.05, 3.63) is 82.1 Å². The fourth-order valence-electron chi connectivity index (χ4n) is 3.68. The fraction of sp³-hybridized carbons (Fsp3) is 0.241. The van der Waals surface area contributed by atoms with E-state index >= 15 is 0 Å². The number of benzene rings is 2. The van der Waals surface area contributed by atoms with Crippen LogP contribution in [0.5, 0.6) is 11.5 Å². The maximum Gasteiger partial charge on any atom is 0.324 e. The van der Waals surface area contributed by atoms with Gasteiger partial charge in [0.1, 0.15) is 34.8 Å². The van der Waals surface area contributed by atoms with E-state index < -0.39 is 6.03 Å². The van der Waals surface area contributed by atoms with Gasteiger partial charge in [0.2, 0.25) is 0 Å². The average Bonchev–Trinajstić information content (AvgIpc) is 3.33. The molecule has 41 heavy (non-hydrogen) atoms. The van der Waals surface area contributed by atoms with E-state index in [9.17, 15) is 9.59 Å². The Hall–Kier alpha value is -4.12. The van der Waals surface area contributed by atoms with Gasteiger partial charge in [0, 0.05) is 30.9 Å². The van der Waals surface area contributed by atoms with Crippen LogP contribution in [0.15, 0.2) is 60.8 Å². The summed E-state index contributed by atoms with van der Waals surface area (Å²) < 4.78 is 12.3. The first-order chi connectivity index (χ1) is 19.4. The first-order valence-corrected chi connectivity index (χ1v) is 13.4. The molecule has 0 fully saturated rings. The van der Waals surface area contributed by atoms with E-state index in [1.807, 2.05) is 58.0 Å². The Morgan fingerprint density at radius 1 is 0.951 bits per heavy atom. The molecule has 3 amide bonds. The lowest BCUT2D eigenvalue weighted by Gasteiger charge is -2.14. The fourth-order valence-corrected chi connectivity index (χ4v) is 4.08. The van der Waals surface area contributed by atoms with Crippen LogP contribution >= 0.6 is 23.2 Å². The van der Waals surface area contributed by atoms with Crippen molar-refractivity contribution < 1.29 is 19.1 Å². The monoisotopic (exact) mass is 596 g/mol. The second-order valence-electron chi connectivity index (χ2n) is 10.2. The molecule has 0 saturated heterocycles. The Balaban J connectivity index is 1.50. The minimum atomic E-state index is -0.532. The van der Waals surface area contributed by atoms with Crippen molar-refractivity contribution in [3.8, 4) is 17.2 Å². The maximum absolute atomic E-state index is 13.0. The van der Waals surface area contributed by atoms with Crippen molar-refractivity contribution in [2.75, 3.05) is 29.7 Å². The van der Waals surface area contributed by atoms with Gasteiger partial charge in [0.05, 0.1) is 22.1 Å². The molecule has 214 valence electrons. The molecule has 2 aromatic carbocycles. The zero-order valence-corrected chi connectivity index (χ0v) is 24.7. The molecule has 0 atom stereocenters. The Bertz CT molecular complexity index is 1560. The van der Waals surface area contributed by atoms with Gasteiger partial charge in [-0.05, 0) is 37.3 Å². The average molecular weight is 598 g/mol. The number of carbonyl (C=O) groups excluding carboxylic acids is 2. The number of amides is 3. The Kier molecular flexibility index (Phi) is 9.17. The first kappa shape index (κ1) is 29.9. The Morgan fingerprint density at radius 3 is 2.37 bits per heavy atom. The van der Waals surface area contributed by atoms with Crippen LogP contribution in [0.25, 0.3) is 5.69 Å². The lowest BCUT2D eigenvalue weighted by Crippen LogP contribution is -2.21. The molecule has 0 bridgehead atoms. The normalized spacial score (nSPS) is 11.2. The number of nitrogens with one attached hydrogen (secondary N) is 3. The van der Waals surface area contributed by atoms with E-state index in [-0.39, 0.29) is 45.2 Å². The third-order valence-electron chi connectivity index (χ3n) is 5.80. The Labute approximate surface area is 248 Å². The number of anilines is 3. The summed E-state index contributed by atoms with van der Waals surface area (Å²) in [7, 11) is 1.42. The summed E-state index contributed by atoms with van der Waals surface area (Å²) in [5, 5.41) is 13.1. The van der Waals surface area contributed by atoms with Gasteiger partial charge in [-0.3, -0.25) is 10.1 Å². The van der Waals surface area contributed by atoms with E-state index in [0.29, 0.717) is 11.6 Å². The molecule has 0 aliphatic rings. The number of halogens is 2. The SMILES string of the molecule is COCC(=O)Nc1cc(Oc2ccc(NC(=O)Nc3cc(C(C)(C)C)nn3-c3ccc(C)cc3)c(Cl)c2Cl)ccn1. The minimum Gasteiger partial charge on any atom is -0.456 e. The van der Waals surface area contributed by atoms with Gasteiger partial charge in [0.25, 0.3) is 5.91 Å². The highest BCUT2D eigenvalue weighted by atomic mass is 35.5. The number of rotatable bonds is 8. The topological polar surface area (TPSA) is 119 Å². The third kappa shape index (κ3) is 7.55. The zero-order valence-electron chi connectivity index (χ0n) is 23.2. The number of pyridine rings is 1. The summed E-state index contributed by atoms with van der Waals surface area (Å²) in [6.07, 6.45) is 1.47. The third-order valence-corrected chi connectivity index (χ3v) is 6.66. The van der Waals surface area contributed by atoms with E-state index in [1.165, 1.54) is 19.4 Å². The zero-order chi connectivity index (χ0) is 29.7. The van der Waals surface area contributed by atoms with Gasteiger partial charge < -0.3 is 20.1 Å². The summed E-state index contributed by atoms with van der Waals surface area (Å²) in [6, 6.07) is 15.4. The smallest absolute Gasteiger partial charge is 0.324 e. The predicted molar refractivity (Wildman–Crippen MR) is 161 cm³/mol. The highest BCUT2D eigenvalue weighted by molar-refractivity contribution is 6.45. The van der Waals surface area contributed by atoms with Crippen LogP contribution in [0.1, 0.15) is 32.0 Å². The van der Waals surface area contributed by atoms with Crippen LogP contribution in [-0.4, -0.2) is 40.4 Å². The first-order valence-electron chi connectivity index (χ1n) is 12.6. The summed E-state index contributed by atoms with van der Waals surface area (Å²) in [5.41, 5.74) is 2.78. The standard InChI is InChI=1S/C29H30Cl2N6O4/c1-17-6-8-18(9-7-17)37-24(15-22(36-37)29(2,3)4)35-28(39)33-20-10-11-21(27(31)26(20)30)41-19-12-13-32-23(14-19)34-25(38)16-40-5/h6-15H,16H2,1-5H3,(H,32,34,38)(H2,33,35,39). The predicted octanol–water partition coefficient (Wildman–Crippen LogP) is 7.20. The number of aryl methyl sites for hydroxylation is 1. The van der Waals surface area contributed by atoms with Gasteiger partial charge in [-0.1, -0.05) is 61.7 Å². The van der Waals surface area contributed by atoms with Gasteiger partial charge >= 0.3 is 6.03 Å².